The van der Waals surface area contributed by atoms with E-state index in [0.717, 1.165) is 11.4 Å². The van der Waals surface area contributed by atoms with Crippen molar-refractivity contribution in [2.45, 2.75) is 16.8 Å². The van der Waals surface area contributed by atoms with Crippen molar-refractivity contribution in [2.75, 3.05) is 18.6 Å². The molecule has 0 saturated carbocycles. The van der Waals surface area contributed by atoms with Gasteiger partial charge in [-0.05, 0) is 41.1 Å². The number of para-hydroxylation sites is 3. The minimum atomic E-state index is -0.277. The molecule has 1 amide bonds. The lowest BCUT2D eigenvalue weighted by Gasteiger charge is -2.18. The Hall–Kier alpha value is -2.58. The Kier molecular flexibility index (Phi) is 5.00. The number of benzene rings is 2. The monoisotopic (exact) mass is 401 g/mol. The van der Waals surface area contributed by atoms with Gasteiger partial charge in [-0.2, -0.15) is 4.68 Å². The minimum absolute atomic E-state index is 0.00248. The van der Waals surface area contributed by atoms with Gasteiger partial charge in [0, 0.05) is 6.54 Å². The lowest BCUT2D eigenvalue weighted by molar-refractivity contribution is -0.116. The van der Waals surface area contributed by atoms with Crippen LogP contribution in [0.25, 0.3) is 5.69 Å². The Morgan fingerprint density at radius 2 is 1.89 bits per heavy atom. The smallest absolute Gasteiger partial charge is 0.240 e. The van der Waals surface area contributed by atoms with Crippen molar-refractivity contribution in [3.63, 3.8) is 0 Å². The molecule has 7 nitrogen and oxygen atoms in total. The third-order valence-corrected chi connectivity index (χ3v) is 5.81. The number of thioether (sulfide) groups is 1. The summed E-state index contributed by atoms with van der Waals surface area (Å²) in [5, 5.41) is 12.8. The molecule has 138 valence electrons. The van der Waals surface area contributed by atoms with Crippen molar-refractivity contribution >= 4 is 35.0 Å². The van der Waals surface area contributed by atoms with E-state index < -0.39 is 0 Å². The Morgan fingerprint density at radius 3 is 2.67 bits per heavy atom. The van der Waals surface area contributed by atoms with Crippen LogP contribution in [0, 0.1) is 0 Å². The predicted molar refractivity (Wildman–Crippen MR) is 104 cm³/mol. The average molecular weight is 402 g/mol. The molecule has 1 fully saturated rings. The van der Waals surface area contributed by atoms with Crippen molar-refractivity contribution in [3.05, 3.63) is 53.6 Å². The van der Waals surface area contributed by atoms with Crippen LogP contribution in [0.3, 0.4) is 0 Å². The maximum absolute atomic E-state index is 12.9. The van der Waals surface area contributed by atoms with Gasteiger partial charge in [0.1, 0.15) is 11.4 Å². The van der Waals surface area contributed by atoms with Crippen LogP contribution in [0.15, 0.2) is 53.7 Å². The highest BCUT2D eigenvalue weighted by atomic mass is 35.5. The fraction of sp³-hybridized carbons (Fsp3) is 0.222. The fourth-order valence-corrected chi connectivity index (χ4v) is 4.27. The van der Waals surface area contributed by atoms with Crippen LogP contribution in [0.1, 0.15) is 6.42 Å². The quantitative estimate of drug-likeness (QED) is 0.653. The van der Waals surface area contributed by atoms with Crippen LogP contribution in [-0.4, -0.2) is 45.0 Å². The zero-order chi connectivity index (χ0) is 18.8. The second-order valence-corrected chi connectivity index (χ2v) is 7.46. The molecule has 0 aliphatic carbocycles. The van der Waals surface area contributed by atoms with Crippen molar-refractivity contribution in [2.24, 2.45) is 0 Å². The van der Waals surface area contributed by atoms with Gasteiger partial charge in [-0.25, -0.2) is 0 Å². The van der Waals surface area contributed by atoms with Crippen molar-refractivity contribution < 1.29 is 9.53 Å². The number of carbonyl (C=O) groups excluding carboxylic acids is 1. The van der Waals surface area contributed by atoms with Gasteiger partial charge in [0.2, 0.25) is 11.1 Å². The van der Waals surface area contributed by atoms with E-state index in [1.165, 1.54) is 11.8 Å². The maximum atomic E-state index is 12.9. The lowest BCUT2D eigenvalue weighted by atomic mass is 10.3. The highest BCUT2D eigenvalue weighted by molar-refractivity contribution is 8.00. The summed E-state index contributed by atoms with van der Waals surface area (Å²) in [5.74, 6) is 0.657. The van der Waals surface area contributed by atoms with Crippen LogP contribution in [0.5, 0.6) is 5.75 Å². The largest absolute Gasteiger partial charge is 0.494 e. The van der Waals surface area contributed by atoms with Gasteiger partial charge in [0.05, 0.1) is 23.1 Å². The molecule has 1 unspecified atom stereocenters. The Morgan fingerprint density at radius 1 is 1.15 bits per heavy atom. The first-order valence-electron chi connectivity index (χ1n) is 8.33. The number of tetrazole rings is 1. The van der Waals surface area contributed by atoms with E-state index >= 15 is 0 Å². The third-order valence-electron chi connectivity index (χ3n) is 4.30. The first-order chi connectivity index (χ1) is 13.2. The number of ether oxygens (including phenoxy) is 1. The topological polar surface area (TPSA) is 73.1 Å². The number of carbonyl (C=O) groups is 1. The van der Waals surface area contributed by atoms with Crippen LogP contribution >= 0.6 is 23.4 Å². The summed E-state index contributed by atoms with van der Waals surface area (Å²) in [6.07, 6.45) is 0.688. The number of halogens is 1. The summed E-state index contributed by atoms with van der Waals surface area (Å²) in [6, 6.07) is 14.8. The molecule has 2 aromatic carbocycles. The molecular weight excluding hydrogens is 386 g/mol. The number of amides is 1. The van der Waals surface area contributed by atoms with Gasteiger partial charge in [-0.15, -0.1) is 5.10 Å². The fourth-order valence-electron chi connectivity index (χ4n) is 3.01. The number of anilines is 1. The van der Waals surface area contributed by atoms with Crippen LogP contribution in [-0.2, 0) is 4.79 Å². The minimum Gasteiger partial charge on any atom is -0.494 e. The predicted octanol–water partition coefficient (Wildman–Crippen LogP) is 3.22. The SMILES string of the molecule is COc1ccccc1-n1nnnc1SC1CCN(c2ccccc2Cl)C1=O. The standard InChI is InChI=1S/C18H16ClN5O2S/c1-26-15-9-5-4-8-14(15)24-18(20-21-22-24)27-16-10-11-23(17(16)25)13-7-3-2-6-12(13)19/h2-9,16H,10-11H2,1H3. The van der Waals surface area contributed by atoms with E-state index in [1.54, 1.807) is 22.8 Å². The van der Waals surface area contributed by atoms with Crippen molar-refractivity contribution in [3.8, 4) is 11.4 Å². The molecule has 0 N–H and O–H groups in total. The molecule has 27 heavy (non-hydrogen) atoms. The second kappa shape index (κ2) is 7.58. The summed E-state index contributed by atoms with van der Waals surface area (Å²) >= 11 is 7.60. The molecule has 4 rings (SSSR count). The molecular formula is C18H16ClN5O2S. The molecule has 0 spiro atoms. The van der Waals surface area contributed by atoms with Gasteiger partial charge in [-0.1, -0.05) is 47.6 Å². The molecule has 3 aromatic rings. The van der Waals surface area contributed by atoms with Crippen molar-refractivity contribution in [1.82, 2.24) is 20.2 Å². The van der Waals surface area contributed by atoms with E-state index in [9.17, 15) is 4.79 Å². The maximum Gasteiger partial charge on any atom is 0.240 e. The molecule has 2 heterocycles. The van der Waals surface area contributed by atoms with Gasteiger partial charge in [0.15, 0.2) is 0 Å². The van der Waals surface area contributed by atoms with E-state index in [1.807, 2.05) is 42.5 Å². The molecule has 0 radical (unpaired) electrons. The van der Waals surface area contributed by atoms with E-state index in [0.29, 0.717) is 28.9 Å². The summed E-state index contributed by atoms with van der Waals surface area (Å²) in [4.78, 5) is 14.6. The zero-order valence-electron chi connectivity index (χ0n) is 14.4. The number of nitrogens with zero attached hydrogens (tertiary/aromatic N) is 5. The lowest BCUT2D eigenvalue weighted by Crippen LogP contribution is -2.28. The second-order valence-electron chi connectivity index (χ2n) is 5.88. The number of methoxy groups -OCH3 is 1. The average Bonchev–Trinajstić information content (AvgIpc) is 3.30. The summed E-state index contributed by atoms with van der Waals surface area (Å²) in [6.45, 7) is 0.608. The summed E-state index contributed by atoms with van der Waals surface area (Å²) < 4.78 is 6.98. The van der Waals surface area contributed by atoms with Crippen LogP contribution < -0.4 is 9.64 Å². The first kappa shape index (κ1) is 17.8. The van der Waals surface area contributed by atoms with Crippen LogP contribution in [0.4, 0.5) is 5.69 Å². The van der Waals surface area contributed by atoms with E-state index in [4.69, 9.17) is 16.3 Å². The van der Waals surface area contributed by atoms with E-state index in [-0.39, 0.29) is 11.2 Å². The van der Waals surface area contributed by atoms with Crippen LogP contribution in [0.2, 0.25) is 5.02 Å². The Labute approximate surface area is 165 Å². The number of hydrogen-bond acceptors (Lipinski definition) is 6. The summed E-state index contributed by atoms with van der Waals surface area (Å²) in [7, 11) is 1.60. The first-order valence-corrected chi connectivity index (χ1v) is 9.59. The normalized spacial score (nSPS) is 16.7. The Balaban J connectivity index is 1.57. The van der Waals surface area contributed by atoms with Gasteiger partial charge in [0.25, 0.3) is 0 Å². The molecule has 1 aliphatic rings. The molecule has 1 aromatic heterocycles. The van der Waals surface area contributed by atoms with Gasteiger partial charge < -0.3 is 9.64 Å². The number of rotatable bonds is 5. The third kappa shape index (κ3) is 3.38. The Bertz CT molecular complexity index is 980. The van der Waals surface area contributed by atoms with Gasteiger partial charge in [-0.3, -0.25) is 4.79 Å². The molecule has 1 saturated heterocycles. The zero-order valence-corrected chi connectivity index (χ0v) is 16.0. The number of aromatic nitrogens is 4. The van der Waals surface area contributed by atoms with Gasteiger partial charge >= 0.3 is 0 Å². The molecule has 1 atom stereocenters. The molecule has 1 aliphatic heterocycles. The van der Waals surface area contributed by atoms with E-state index in [2.05, 4.69) is 15.5 Å². The summed E-state index contributed by atoms with van der Waals surface area (Å²) in [5.41, 5.74) is 1.46. The van der Waals surface area contributed by atoms with Crippen molar-refractivity contribution in [1.29, 1.82) is 0 Å². The highest BCUT2D eigenvalue weighted by Gasteiger charge is 2.35. The number of hydrogen-bond donors (Lipinski definition) is 0. The molecule has 9 heteroatoms. The molecule has 0 bridgehead atoms. The highest BCUT2D eigenvalue weighted by Crippen LogP contribution is 2.36.